The van der Waals surface area contributed by atoms with E-state index in [0.29, 0.717) is 6.07 Å². The second kappa shape index (κ2) is 6.12. The minimum Gasteiger partial charge on any atom is -0.395 e. The van der Waals surface area contributed by atoms with Crippen molar-refractivity contribution >= 4 is 0 Å². The Morgan fingerprint density at radius 1 is 1.11 bits per heavy atom. The standard InChI is InChI=1S/C11H13F4NO2/c12-9-2-7(4-16-10(5-17)6-18)1-8(3-9)11(13,14)15/h1-3,10,16-18H,4-6H2. The molecule has 0 heterocycles. The lowest BCUT2D eigenvalue weighted by molar-refractivity contribution is -0.137. The van der Waals surface area contributed by atoms with Crippen LogP contribution in [0.15, 0.2) is 18.2 Å². The zero-order chi connectivity index (χ0) is 13.8. The maximum Gasteiger partial charge on any atom is 0.416 e. The Balaban J connectivity index is 2.81. The summed E-state index contributed by atoms with van der Waals surface area (Å²) >= 11 is 0. The Labute approximate surface area is 101 Å². The molecule has 0 fully saturated rings. The minimum atomic E-state index is -4.61. The molecule has 0 atom stereocenters. The van der Waals surface area contributed by atoms with Crippen LogP contribution in [0.1, 0.15) is 11.1 Å². The molecule has 1 rings (SSSR count). The monoisotopic (exact) mass is 267 g/mol. The molecule has 0 spiro atoms. The molecule has 0 aromatic heterocycles. The van der Waals surface area contributed by atoms with Gasteiger partial charge in [-0.2, -0.15) is 13.2 Å². The average molecular weight is 267 g/mol. The summed E-state index contributed by atoms with van der Waals surface area (Å²) in [6, 6.07) is 1.55. The second-order valence-electron chi connectivity index (χ2n) is 3.79. The molecule has 0 saturated carbocycles. The number of alkyl halides is 3. The van der Waals surface area contributed by atoms with E-state index in [0.717, 1.165) is 12.1 Å². The molecule has 1 aromatic carbocycles. The van der Waals surface area contributed by atoms with Crippen molar-refractivity contribution in [2.24, 2.45) is 0 Å². The van der Waals surface area contributed by atoms with E-state index in [2.05, 4.69) is 5.32 Å². The first kappa shape index (κ1) is 14.9. The molecule has 0 saturated heterocycles. The van der Waals surface area contributed by atoms with E-state index in [4.69, 9.17) is 10.2 Å². The molecule has 7 heteroatoms. The summed E-state index contributed by atoms with van der Waals surface area (Å²) in [6.45, 7) is -0.803. The zero-order valence-electron chi connectivity index (χ0n) is 9.34. The van der Waals surface area contributed by atoms with Crippen molar-refractivity contribution in [1.29, 1.82) is 0 Å². The van der Waals surface area contributed by atoms with Crippen molar-refractivity contribution in [2.75, 3.05) is 13.2 Å². The Bertz CT molecular complexity index is 391. The van der Waals surface area contributed by atoms with Gasteiger partial charge in [0.05, 0.1) is 24.8 Å². The fourth-order valence-corrected chi connectivity index (χ4v) is 1.37. The van der Waals surface area contributed by atoms with Crippen molar-refractivity contribution in [3.8, 4) is 0 Å². The molecule has 3 N–H and O–H groups in total. The van der Waals surface area contributed by atoms with Crippen LogP contribution in [0.4, 0.5) is 17.6 Å². The Hall–Kier alpha value is -1.18. The highest BCUT2D eigenvalue weighted by molar-refractivity contribution is 5.26. The van der Waals surface area contributed by atoms with Gasteiger partial charge < -0.3 is 15.5 Å². The second-order valence-corrected chi connectivity index (χ2v) is 3.79. The number of hydrogen-bond donors (Lipinski definition) is 3. The predicted molar refractivity (Wildman–Crippen MR) is 56.2 cm³/mol. The number of hydrogen-bond acceptors (Lipinski definition) is 3. The van der Waals surface area contributed by atoms with Crippen LogP contribution in [0.25, 0.3) is 0 Å². The molecule has 0 radical (unpaired) electrons. The third-order valence-electron chi connectivity index (χ3n) is 2.32. The quantitative estimate of drug-likeness (QED) is 0.705. The molecule has 0 aliphatic rings. The lowest BCUT2D eigenvalue weighted by Gasteiger charge is -2.14. The first-order chi connectivity index (χ1) is 8.36. The van der Waals surface area contributed by atoms with Gasteiger partial charge in [-0.1, -0.05) is 0 Å². The predicted octanol–water partition coefficient (Wildman–Crippen LogP) is 1.29. The Morgan fingerprint density at radius 3 is 2.22 bits per heavy atom. The maximum absolute atomic E-state index is 13.0. The van der Waals surface area contributed by atoms with E-state index in [-0.39, 0.29) is 25.3 Å². The Kier molecular flexibility index (Phi) is 5.06. The lowest BCUT2D eigenvalue weighted by Crippen LogP contribution is -2.35. The molecule has 0 amide bonds. The maximum atomic E-state index is 13.0. The number of halogens is 4. The van der Waals surface area contributed by atoms with Gasteiger partial charge in [0.25, 0.3) is 0 Å². The van der Waals surface area contributed by atoms with E-state index in [1.54, 1.807) is 0 Å². The highest BCUT2D eigenvalue weighted by Gasteiger charge is 2.31. The van der Waals surface area contributed by atoms with Crippen LogP contribution >= 0.6 is 0 Å². The lowest BCUT2D eigenvalue weighted by atomic mass is 10.1. The van der Waals surface area contributed by atoms with Crippen molar-refractivity contribution in [2.45, 2.75) is 18.8 Å². The van der Waals surface area contributed by atoms with Gasteiger partial charge in [-0.15, -0.1) is 0 Å². The summed E-state index contributed by atoms with van der Waals surface area (Å²) in [6.07, 6.45) is -4.61. The number of benzene rings is 1. The van der Waals surface area contributed by atoms with Crippen LogP contribution in [0.3, 0.4) is 0 Å². The molecule has 102 valence electrons. The van der Waals surface area contributed by atoms with E-state index in [1.165, 1.54) is 0 Å². The van der Waals surface area contributed by atoms with Crippen molar-refractivity contribution in [1.82, 2.24) is 5.32 Å². The fraction of sp³-hybridized carbons (Fsp3) is 0.455. The summed E-state index contributed by atoms with van der Waals surface area (Å²) in [5, 5.41) is 20.1. The topological polar surface area (TPSA) is 52.5 Å². The van der Waals surface area contributed by atoms with E-state index in [1.807, 2.05) is 0 Å². The van der Waals surface area contributed by atoms with Gasteiger partial charge in [-0.25, -0.2) is 4.39 Å². The molecule has 0 aliphatic heterocycles. The van der Waals surface area contributed by atoms with Crippen molar-refractivity contribution in [3.63, 3.8) is 0 Å². The number of aliphatic hydroxyl groups is 2. The van der Waals surface area contributed by atoms with Gasteiger partial charge in [0.15, 0.2) is 0 Å². The van der Waals surface area contributed by atoms with Gasteiger partial charge in [-0.3, -0.25) is 0 Å². The van der Waals surface area contributed by atoms with E-state index in [9.17, 15) is 17.6 Å². The third-order valence-corrected chi connectivity index (χ3v) is 2.32. The summed E-state index contributed by atoms with van der Waals surface area (Å²) < 4.78 is 50.3. The average Bonchev–Trinajstić information content (AvgIpc) is 2.28. The first-order valence-electron chi connectivity index (χ1n) is 5.18. The van der Waals surface area contributed by atoms with Crippen LogP contribution in [0.2, 0.25) is 0 Å². The molecule has 18 heavy (non-hydrogen) atoms. The van der Waals surface area contributed by atoms with Gasteiger partial charge in [0.2, 0.25) is 0 Å². The smallest absolute Gasteiger partial charge is 0.395 e. The number of rotatable bonds is 5. The van der Waals surface area contributed by atoms with Crippen LogP contribution in [-0.2, 0) is 12.7 Å². The minimum absolute atomic E-state index is 0.0768. The van der Waals surface area contributed by atoms with E-state index >= 15 is 0 Å². The van der Waals surface area contributed by atoms with Crippen LogP contribution in [0.5, 0.6) is 0 Å². The molecular weight excluding hydrogens is 254 g/mol. The summed E-state index contributed by atoms with van der Waals surface area (Å²) in [5.41, 5.74) is -0.974. The normalized spacial score (nSPS) is 12.2. The number of aliphatic hydroxyl groups excluding tert-OH is 2. The summed E-state index contributed by atoms with van der Waals surface area (Å²) in [7, 11) is 0. The number of nitrogens with one attached hydrogen (secondary N) is 1. The SMILES string of the molecule is OCC(CO)NCc1cc(F)cc(C(F)(F)F)c1. The summed E-state index contributed by atoms with van der Waals surface area (Å²) in [5.74, 6) is -0.980. The molecule has 0 aliphatic carbocycles. The molecule has 3 nitrogen and oxygen atoms in total. The van der Waals surface area contributed by atoms with Crippen LogP contribution in [-0.4, -0.2) is 29.5 Å². The molecular formula is C11H13F4NO2. The van der Waals surface area contributed by atoms with Gasteiger partial charge >= 0.3 is 6.18 Å². The molecule has 0 bridgehead atoms. The third kappa shape index (κ3) is 4.25. The van der Waals surface area contributed by atoms with Gasteiger partial charge in [0.1, 0.15) is 5.82 Å². The molecule has 0 unspecified atom stereocenters. The van der Waals surface area contributed by atoms with Crippen molar-refractivity contribution in [3.05, 3.63) is 35.1 Å². The largest absolute Gasteiger partial charge is 0.416 e. The fourth-order valence-electron chi connectivity index (χ4n) is 1.37. The highest BCUT2D eigenvalue weighted by Crippen LogP contribution is 2.30. The van der Waals surface area contributed by atoms with Gasteiger partial charge in [-0.05, 0) is 23.8 Å². The van der Waals surface area contributed by atoms with E-state index < -0.39 is 23.6 Å². The van der Waals surface area contributed by atoms with Crippen LogP contribution in [0, 0.1) is 5.82 Å². The zero-order valence-corrected chi connectivity index (χ0v) is 9.34. The summed E-state index contributed by atoms with van der Waals surface area (Å²) in [4.78, 5) is 0. The molecule has 1 aromatic rings. The first-order valence-corrected chi connectivity index (χ1v) is 5.18. The van der Waals surface area contributed by atoms with Gasteiger partial charge in [0, 0.05) is 6.54 Å². The highest BCUT2D eigenvalue weighted by atomic mass is 19.4. The Morgan fingerprint density at radius 2 is 1.72 bits per heavy atom. The van der Waals surface area contributed by atoms with Crippen molar-refractivity contribution < 1.29 is 27.8 Å². The van der Waals surface area contributed by atoms with Crippen LogP contribution < -0.4 is 5.32 Å².